The fourth-order valence-corrected chi connectivity index (χ4v) is 1.42. The average Bonchev–Trinajstić information content (AvgIpc) is 2.33. The van der Waals surface area contributed by atoms with Crippen LogP contribution in [0.25, 0.3) is 0 Å². The van der Waals surface area contributed by atoms with E-state index in [4.69, 9.17) is 14.9 Å². The Labute approximate surface area is 108 Å². The predicted molar refractivity (Wildman–Crippen MR) is 63.4 cm³/mol. The number of phenolic OH excluding ortho intramolecular Hbond substituents is 1. The number of carboxylic acids is 1. The molecule has 0 radical (unpaired) electrons. The van der Waals surface area contributed by atoms with E-state index in [2.05, 4.69) is 5.32 Å². The maximum Gasteiger partial charge on any atom is 0.306 e. The lowest BCUT2D eigenvalue weighted by molar-refractivity contribution is -0.139. The smallest absolute Gasteiger partial charge is 0.306 e. The van der Waals surface area contributed by atoms with Gasteiger partial charge in [0.05, 0.1) is 18.1 Å². The van der Waals surface area contributed by atoms with E-state index in [1.165, 1.54) is 13.2 Å². The zero-order chi connectivity index (χ0) is 14.4. The van der Waals surface area contributed by atoms with Gasteiger partial charge in [0.1, 0.15) is 11.6 Å². The Morgan fingerprint density at radius 2 is 2.16 bits per heavy atom. The van der Waals surface area contributed by atoms with Gasteiger partial charge in [0.2, 0.25) is 0 Å². The molecule has 0 saturated carbocycles. The van der Waals surface area contributed by atoms with Gasteiger partial charge in [0.25, 0.3) is 5.91 Å². The van der Waals surface area contributed by atoms with Crippen LogP contribution in [0.1, 0.15) is 16.8 Å². The van der Waals surface area contributed by atoms with Crippen LogP contribution < -0.4 is 5.32 Å². The summed E-state index contributed by atoms with van der Waals surface area (Å²) in [4.78, 5) is 22.1. The van der Waals surface area contributed by atoms with Crippen molar-refractivity contribution in [2.45, 2.75) is 12.5 Å². The quantitative estimate of drug-likeness (QED) is 0.709. The maximum atomic E-state index is 13.4. The highest BCUT2D eigenvalue weighted by atomic mass is 19.1. The number of rotatable bonds is 6. The predicted octanol–water partition coefficient (Wildman–Crippen LogP) is 0.751. The highest BCUT2D eigenvalue weighted by molar-refractivity contribution is 5.94. The molecule has 1 aromatic rings. The molecule has 104 valence electrons. The Morgan fingerprint density at radius 1 is 1.47 bits per heavy atom. The van der Waals surface area contributed by atoms with Crippen LogP contribution in [0.4, 0.5) is 4.39 Å². The van der Waals surface area contributed by atoms with Crippen LogP contribution in [-0.2, 0) is 9.53 Å². The van der Waals surface area contributed by atoms with Crippen molar-refractivity contribution < 1.29 is 28.9 Å². The Morgan fingerprint density at radius 3 is 2.68 bits per heavy atom. The second-order valence-corrected chi connectivity index (χ2v) is 3.83. The van der Waals surface area contributed by atoms with E-state index >= 15 is 0 Å². The van der Waals surface area contributed by atoms with Crippen molar-refractivity contribution in [2.75, 3.05) is 13.7 Å². The van der Waals surface area contributed by atoms with E-state index in [1.807, 2.05) is 0 Å². The number of aliphatic carboxylic acids is 1. The number of methoxy groups -OCH3 is 1. The van der Waals surface area contributed by atoms with Gasteiger partial charge in [0, 0.05) is 19.7 Å². The molecule has 1 atom stereocenters. The molecule has 0 saturated heterocycles. The summed E-state index contributed by atoms with van der Waals surface area (Å²) in [6.07, 6.45) is -0.962. The summed E-state index contributed by atoms with van der Waals surface area (Å²) in [5, 5.41) is 20.0. The molecule has 0 aromatic heterocycles. The lowest BCUT2D eigenvalue weighted by Crippen LogP contribution is -2.34. The summed E-state index contributed by atoms with van der Waals surface area (Å²) in [6, 6.07) is 3.14. The number of phenols is 1. The molecule has 0 heterocycles. The van der Waals surface area contributed by atoms with Crippen LogP contribution in [0.15, 0.2) is 18.2 Å². The fourth-order valence-electron chi connectivity index (χ4n) is 1.42. The van der Waals surface area contributed by atoms with E-state index in [0.717, 1.165) is 12.1 Å². The third-order valence-electron chi connectivity index (χ3n) is 2.42. The first-order chi connectivity index (χ1) is 8.93. The molecular formula is C12H14FNO5. The number of aromatic hydroxyl groups is 1. The van der Waals surface area contributed by atoms with Crippen LogP contribution in [0.3, 0.4) is 0 Å². The van der Waals surface area contributed by atoms with Crippen molar-refractivity contribution in [3.8, 4) is 5.75 Å². The number of carbonyl (C=O) groups is 2. The van der Waals surface area contributed by atoms with E-state index in [1.54, 1.807) is 0 Å². The van der Waals surface area contributed by atoms with E-state index in [-0.39, 0.29) is 24.3 Å². The van der Waals surface area contributed by atoms with E-state index in [0.29, 0.717) is 0 Å². The van der Waals surface area contributed by atoms with Crippen LogP contribution in [0, 0.1) is 5.82 Å². The number of carbonyl (C=O) groups excluding carboxylic acids is 1. The number of benzene rings is 1. The number of halogens is 1. The molecule has 0 fully saturated rings. The van der Waals surface area contributed by atoms with Gasteiger partial charge in [-0.2, -0.15) is 0 Å². The standard InChI is InChI=1S/C12H14FNO5/c1-19-8(5-11(16)17)6-14-12(18)9-3-2-7(15)4-10(9)13/h2-4,8,15H,5-6H2,1H3,(H,14,18)(H,16,17). The second-order valence-electron chi connectivity index (χ2n) is 3.83. The van der Waals surface area contributed by atoms with Crippen molar-refractivity contribution in [3.63, 3.8) is 0 Å². The summed E-state index contributed by atoms with van der Waals surface area (Å²) in [7, 11) is 1.32. The van der Waals surface area contributed by atoms with Gasteiger partial charge in [0.15, 0.2) is 0 Å². The summed E-state index contributed by atoms with van der Waals surface area (Å²) in [5.74, 6) is -2.90. The molecule has 0 aliphatic heterocycles. The van der Waals surface area contributed by atoms with Crippen LogP contribution >= 0.6 is 0 Å². The van der Waals surface area contributed by atoms with Gasteiger partial charge in [-0.1, -0.05) is 0 Å². The average molecular weight is 271 g/mol. The van der Waals surface area contributed by atoms with Crippen LogP contribution in [0.2, 0.25) is 0 Å². The first kappa shape index (κ1) is 14.9. The van der Waals surface area contributed by atoms with Crippen molar-refractivity contribution in [1.29, 1.82) is 0 Å². The largest absolute Gasteiger partial charge is 0.508 e. The molecule has 1 unspecified atom stereocenters. The van der Waals surface area contributed by atoms with E-state index in [9.17, 15) is 14.0 Å². The molecule has 0 aliphatic rings. The van der Waals surface area contributed by atoms with Gasteiger partial charge in [-0.15, -0.1) is 0 Å². The number of nitrogens with one attached hydrogen (secondary N) is 1. The second kappa shape index (κ2) is 6.69. The first-order valence-electron chi connectivity index (χ1n) is 5.45. The fraction of sp³-hybridized carbons (Fsp3) is 0.333. The molecule has 0 spiro atoms. The third kappa shape index (κ3) is 4.55. The van der Waals surface area contributed by atoms with Crippen molar-refractivity contribution in [2.24, 2.45) is 0 Å². The number of hydrogen-bond donors (Lipinski definition) is 3. The molecule has 1 aromatic carbocycles. The summed E-state index contributed by atoms with van der Waals surface area (Å²) >= 11 is 0. The molecule has 3 N–H and O–H groups in total. The molecule has 0 aliphatic carbocycles. The number of ether oxygens (including phenoxy) is 1. The number of hydrogen-bond acceptors (Lipinski definition) is 4. The first-order valence-corrected chi connectivity index (χ1v) is 5.45. The lowest BCUT2D eigenvalue weighted by atomic mass is 10.2. The topological polar surface area (TPSA) is 95.9 Å². The highest BCUT2D eigenvalue weighted by Crippen LogP contribution is 2.14. The molecule has 1 rings (SSSR count). The Balaban J connectivity index is 2.61. The Bertz CT molecular complexity index is 477. The van der Waals surface area contributed by atoms with Gasteiger partial charge < -0.3 is 20.3 Å². The Kier molecular flexibility index (Phi) is 5.25. The van der Waals surface area contributed by atoms with Crippen LogP contribution in [-0.4, -0.2) is 41.8 Å². The molecule has 0 bridgehead atoms. The normalized spacial score (nSPS) is 11.9. The highest BCUT2D eigenvalue weighted by Gasteiger charge is 2.16. The Hall–Kier alpha value is -2.15. The molecular weight excluding hydrogens is 257 g/mol. The SMILES string of the molecule is COC(CNC(=O)c1ccc(O)cc1F)CC(=O)O. The van der Waals surface area contributed by atoms with Crippen LogP contribution in [0.5, 0.6) is 5.75 Å². The third-order valence-corrected chi connectivity index (χ3v) is 2.42. The number of amides is 1. The number of carboxylic acid groups (broad SMARTS) is 1. The van der Waals surface area contributed by atoms with Gasteiger partial charge >= 0.3 is 5.97 Å². The molecule has 19 heavy (non-hydrogen) atoms. The monoisotopic (exact) mass is 271 g/mol. The van der Waals surface area contributed by atoms with Gasteiger partial charge in [-0.05, 0) is 12.1 Å². The van der Waals surface area contributed by atoms with Crippen molar-refractivity contribution >= 4 is 11.9 Å². The minimum Gasteiger partial charge on any atom is -0.508 e. The zero-order valence-electron chi connectivity index (χ0n) is 10.2. The molecule has 7 heteroatoms. The minimum atomic E-state index is -1.06. The molecule has 6 nitrogen and oxygen atoms in total. The van der Waals surface area contributed by atoms with Gasteiger partial charge in [-0.25, -0.2) is 4.39 Å². The minimum absolute atomic E-state index is 0.0536. The summed E-state index contributed by atoms with van der Waals surface area (Å²) < 4.78 is 18.2. The maximum absolute atomic E-state index is 13.4. The van der Waals surface area contributed by atoms with Crippen molar-refractivity contribution in [3.05, 3.63) is 29.6 Å². The van der Waals surface area contributed by atoms with Gasteiger partial charge in [-0.3, -0.25) is 9.59 Å². The lowest BCUT2D eigenvalue weighted by Gasteiger charge is -2.14. The van der Waals surface area contributed by atoms with E-state index < -0.39 is 23.8 Å². The summed E-state index contributed by atoms with van der Waals surface area (Å²) in [6.45, 7) is -0.0536. The summed E-state index contributed by atoms with van der Waals surface area (Å²) in [5.41, 5.74) is -0.233. The zero-order valence-corrected chi connectivity index (χ0v) is 10.2. The molecule has 1 amide bonds. The van der Waals surface area contributed by atoms with Crippen molar-refractivity contribution in [1.82, 2.24) is 5.32 Å².